The minimum Gasteiger partial charge on any atom is -0.326 e. The highest BCUT2D eigenvalue weighted by molar-refractivity contribution is 8.00. The van der Waals surface area contributed by atoms with Crippen molar-refractivity contribution in [3.63, 3.8) is 0 Å². The first-order valence-corrected chi connectivity index (χ1v) is 11.0. The molecule has 0 saturated heterocycles. The molecule has 1 aliphatic heterocycles. The smallest absolute Gasteiger partial charge is 0.234 e. The van der Waals surface area contributed by atoms with E-state index in [4.69, 9.17) is 0 Å². The number of thioether (sulfide) groups is 1. The number of carbonyl (C=O) groups is 2. The minimum atomic E-state index is -3.67. The summed E-state index contributed by atoms with van der Waals surface area (Å²) in [7, 11) is -3.67. The summed E-state index contributed by atoms with van der Waals surface area (Å²) in [6.07, 6.45) is -0.142. The van der Waals surface area contributed by atoms with E-state index in [1.165, 1.54) is 24.8 Å². The van der Waals surface area contributed by atoms with Crippen LogP contribution in [0.2, 0.25) is 0 Å². The molecule has 2 amide bonds. The van der Waals surface area contributed by atoms with Gasteiger partial charge in [0.15, 0.2) is 9.84 Å². The van der Waals surface area contributed by atoms with Gasteiger partial charge in [0.05, 0.1) is 21.6 Å². The lowest BCUT2D eigenvalue weighted by Crippen LogP contribution is -2.25. The summed E-state index contributed by atoms with van der Waals surface area (Å²) in [5, 5.41) is 4.56. The Morgan fingerprint density at radius 2 is 1.93 bits per heavy atom. The molecule has 8 heteroatoms. The monoisotopic (exact) mass is 404 g/mol. The standard InChI is InChI=1S/C19H20N2O4S2/c1-12-3-5-14(6-4-12)20-18(22)9-13(2)27(24,25)15-7-8-16-17(10-15)26-11-19(23)21-16/h3-8,10,13H,9,11H2,1-2H3,(H,20,22)(H,21,23). The lowest BCUT2D eigenvalue weighted by atomic mass is 10.2. The van der Waals surface area contributed by atoms with E-state index in [1.54, 1.807) is 24.3 Å². The zero-order valence-corrected chi connectivity index (χ0v) is 16.6. The van der Waals surface area contributed by atoms with Gasteiger partial charge < -0.3 is 10.6 Å². The zero-order valence-electron chi connectivity index (χ0n) is 15.0. The van der Waals surface area contributed by atoms with E-state index in [-0.39, 0.29) is 28.9 Å². The van der Waals surface area contributed by atoms with Crippen molar-refractivity contribution in [2.75, 3.05) is 16.4 Å². The summed E-state index contributed by atoms with van der Waals surface area (Å²) >= 11 is 1.30. The number of amides is 2. The molecule has 142 valence electrons. The van der Waals surface area contributed by atoms with Crippen LogP contribution in [0.3, 0.4) is 0 Å². The highest BCUT2D eigenvalue weighted by atomic mass is 32.2. The number of hydrogen-bond acceptors (Lipinski definition) is 5. The zero-order chi connectivity index (χ0) is 19.6. The molecule has 0 aliphatic carbocycles. The summed E-state index contributed by atoms with van der Waals surface area (Å²) in [4.78, 5) is 24.5. The average molecular weight is 405 g/mol. The Morgan fingerprint density at radius 3 is 2.63 bits per heavy atom. The third kappa shape index (κ3) is 4.51. The molecule has 1 unspecified atom stereocenters. The number of hydrogen-bond donors (Lipinski definition) is 2. The lowest BCUT2D eigenvalue weighted by molar-refractivity contribution is -0.116. The SMILES string of the molecule is Cc1ccc(NC(=O)CC(C)S(=O)(=O)c2ccc3c(c2)SCC(=O)N3)cc1. The molecule has 0 radical (unpaired) electrons. The van der Waals surface area contributed by atoms with Crippen molar-refractivity contribution < 1.29 is 18.0 Å². The third-order valence-corrected chi connectivity index (χ3v) is 7.44. The topological polar surface area (TPSA) is 92.3 Å². The van der Waals surface area contributed by atoms with E-state index < -0.39 is 15.1 Å². The van der Waals surface area contributed by atoms with Crippen LogP contribution in [0, 0.1) is 6.92 Å². The van der Waals surface area contributed by atoms with E-state index in [0.717, 1.165) is 5.56 Å². The normalized spacial score (nSPS) is 14.8. The highest BCUT2D eigenvalue weighted by Gasteiger charge is 2.27. The largest absolute Gasteiger partial charge is 0.326 e. The molecule has 1 aliphatic rings. The molecule has 2 aromatic rings. The highest BCUT2D eigenvalue weighted by Crippen LogP contribution is 2.34. The van der Waals surface area contributed by atoms with Crippen molar-refractivity contribution in [3.8, 4) is 0 Å². The van der Waals surface area contributed by atoms with Gasteiger partial charge in [-0.25, -0.2) is 8.42 Å². The third-order valence-electron chi connectivity index (χ3n) is 4.25. The minimum absolute atomic E-state index is 0.107. The van der Waals surface area contributed by atoms with Crippen molar-refractivity contribution in [2.45, 2.75) is 35.3 Å². The predicted molar refractivity (Wildman–Crippen MR) is 107 cm³/mol. The van der Waals surface area contributed by atoms with E-state index in [0.29, 0.717) is 16.3 Å². The fourth-order valence-corrected chi connectivity index (χ4v) is 4.98. The molecule has 0 spiro atoms. The second-order valence-corrected chi connectivity index (χ2v) is 9.85. The number of sulfone groups is 1. The molecule has 1 atom stereocenters. The number of benzene rings is 2. The van der Waals surface area contributed by atoms with Gasteiger partial charge in [0.25, 0.3) is 0 Å². The molecular weight excluding hydrogens is 384 g/mol. The van der Waals surface area contributed by atoms with Gasteiger partial charge in [-0.3, -0.25) is 9.59 Å². The Labute approximate surface area is 162 Å². The second kappa shape index (κ2) is 7.74. The number of aryl methyl sites for hydroxylation is 1. The first-order valence-electron chi connectivity index (χ1n) is 8.43. The van der Waals surface area contributed by atoms with Crippen molar-refractivity contribution in [1.29, 1.82) is 0 Å². The quantitative estimate of drug-likeness (QED) is 0.798. The van der Waals surface area contributed by atoms with Gasteiger partial charge in [-0.15, -0.1) is 11.8 Å². The number of fused-ring (bicyclic) bond motifs is 1. The molecule has 0 saturated carbocycles. The average Bonchev–Trinajstić information content (AvgIpc) is 2.63. The maximum absolute atomic E-state index is 12.8. The van der Waals surface area contributed by atoms with Gasteiger partial charge in [0.2, 0.25) is 11.8 Å². The van der Waals surface area contributed by atoms with Gasteiger partial charge in [-0.05, 0) is 44.2 Å². The van der Waals surface area contributed by atoms with E-state index in [9.17, 15) is 18.0 Å². The Morgan fingerprint density at radius 1 is 1.22 bits per heavy atom. The van der Waals surface area contributed by atoms with Gasteiger partial charge in [-0.2, -0.15) is 0 Å². The van der Waals surface area contributed by atoms with Gasteiger partial charge in [-0.1, -0.05) is 17.7 Å². The van der Waals surface area contributed by atoms with Crippen molar-refractivity contribution in [3.05, 3.63) is 48.0 Å². The fourth-order valence-electron chi connectivity index (χ4n) is 2.68. The van der Waals surface area contributed by atoms with Crippen LogP contribution in [0.1, 0.15) is 18.9 Å². The molecule has 0 aromatic heterocycles. The van der Waals surface area contributed by atoms with Gasteiger partial charge in [0, 0.05) is 17.0 Å². The number of rotatable bonds is 5. The van der Waals surface area contributed by atoms with Crippen LogP contribution in [0.5, 0.6) is 0 Å². The first-order chi connectivity index (χ1) is 12.8. The van der Waals surface area contributed by atoms with E-state index in [1.807, 2.05) is 19.1 Å². The summed E-state index contributed by atoms with van der Waals surface area (Å²) in [6, 6.07) is 11.9. The molecular formula is C19H20N2O4S2. The van der Waals surface area contributed by atoms with Crippen LogP contribution in [0.15, 0.2) is 52.3 Å². The Kier molecular flexibility index (Phi) is 5.57. The predicted octanol–water partition coefficient (Wildman–Crippen LogP) is 3.23. The molecule has 1 heterocycles. The molecule has 0 bridgehead atoms. The summed E-state index contributed by atoms with van der Waals surface area (Å²) < 4.78 is 25.7. The van der Waals surface area contributed by atoms with Crippen LogP contribution < -0.4 is 10.6 Å². The van der Waals surface area contributed by atoms with Gasteiger partial charge >= 0.3 is 0 Å². The van der Waals surface area contributed by atoms with Crippen LogP contribution in [0.4, 0.5) is 11.4 Å². The van der Waals surface area contributed by atoms with Crippen LogP contribution in [-0.2, 0) is 19.4 Å². The van der Waals surface area contributed by atoms with Crippen LogP contribution in [-0.4, -0.2) is 31.2 Å². The van der Waals surface area contributed by atoms with E-state index in [2.05, 4.69) is 10.6 Å². The van der Waals surface area contributed by atoms with Crippen LogP contribution in [0.25, 0.3) is 0 Å². The second-order valence-electron chi connectivity index (χ2n) is 6.47. The molecule has 27 heavy (non-hydrogen) atoms. The van der Waals surface area contributed by atoms with Crippen LogP contribution >= 0.6 is 11.8 Å². The molecule has 0 fully saturated rings. The Hall–Kier alpha value is -2.32. The lowest BCUT2D eigenvalue weighted by Gasteiger charge is -2.18. The molecule has 3 rings (SSSR count). The van der Waals surface area contributed by atoms with Gasteiger partial charge in [0.1, 0.15) is 0 Å². The molecule has 6 nitrogen and oxygen atoms in total. The van der Waals surface area contributed by atoms with Crippen molar-refractivity contribution in [1.82, 2.24) is 0 Å². The number of carbonyl (C=O) groups excluding carboxylic acids is 2. The Balaban J connectivity index is 1.71. The summed E-state index contributed by atoms with van der Waals surface area (Å²) in [5.74, 6) is -0.204. The maximum atomic E-state index is 12.8. The first kappa shape index (κ1) is 19.4. The molecule has 2 aromatic carbocycles. The summed E-state index contributed by atoms with van der Waals surface area (Å²) in [6.45, 7) is 3.47. The maximum Gasteiger partial charge on any atom is 0.234 e. The number of nitrogens with one attached hydrogen (secondary N) is 2. The number of anilines is 2. The Bertz CT molecular complexity index is 985. The van der Waals surface area contributed by atoms with Crippen molar-refractivity contribution >= 4 is 44.8 Å². The van der Waals surface area contributed by atoms with Crippen molar-refractivity contribution in [2.24, 2.45) is 0 Å². The fraction of sp³-hybridized carbons (Fsp3) is 0.263. The molecule has 2 N–H and O–H groups in total. The summed E-state index contributed by atoms with van der Waals surface area (Å²) in [5.41, 5.74) is 2.32. The van der Waals surface area contributed by atoms with E-state index >= 15 is 0 Å².